The van der Waals surface area contributed by atoms with E-state index in [0.29, 0.717) is 27.8 Å². The van der Waals surface area contributed by atoms with Gasteiger partial charge in [-0.05, 0) is 25.5 Å². The van der Waals surface area contributed by atoms with Gasteiger partial charge in [-0.3, -0.25) is 4.79 Å². The van der Waals surface area contributed by atoms with Gasteiger partial charge in [-0.25, -0.2) is 4.79 Å². The molecule has 0 amide bonds. The van der Waals surface area contributed by atoms with Crippen LogP contribution in [0, 0.1) is 6.92 Å². The van der Waals surface area contributed by atoms with Crippen molar-refractivity contribution >= 4 is 22.5 Å². The van der Waals surface area contributed by atoms with E-state index in [1.165, 1.54) is 7.11 Å². The summed E-state index contributed by atoms with van der Waals surface area (Å²) in [5.41, 5.74) is 0.805. The third-order valence-corrected chi connectivity index (χ3v) is 5.40. The number of phenols is 1. The summed E-state index contributed by atoms with van der Waals surface area (Å²) in [4.78, 5) is 24.6. The topological polar surface area (TPSA) is 82.1 Å². The summed E-state index contributed by atoms with van der Waals surface area (Å²) >= 11 is 0. The van der Waals surface area contributed by atoms with Crippen molar-refractivity contribution in [1.82, 2.24) is 0 Å². The van der Waals surface area contributed by atoms with Gasteiger partial charge < -0.3 is 19.3 Å². The first-order valence-electron chi connectivity index (χ1n) is 8.04. The molecule has 0 aliphatic carbocycles. The summed E-state index contributed by atoms with van der Waals surface area (Å²) in [6, 6.07) is 1.74. The molecule has 0 aromatic heterocycles. The third kappa shape index (κ3) is 1.74. The summed E-state index contributed by atoms with van der Waals surface area (Å²) < 4.78 is 16.6. The average Bonchev–Trinajstić information content (AvgIpc) is 2.78. The average molecular weight is 342 g/mol. The van der Waals surface area contributed by atoms with Crippen LogP contribution in [0.25, 0.3) is 10.8 Å². The molecule has 6 heteroatoms. The fourth-order valence-electron chi connectivity index (χ4n) is 3.73. The Bertz CT molecular complexity index is 986. The van der Waals surface area contributed by atoms with Crippen molar-refractivity contribution in [2.45, 2.75) is 39.2 Å². The molecule has 6 nitrogen and oxygen atoms in total. The first kappa shape index (κ1) is 15.7. The molecule has 0 fully saturated rings. The Morgan fingerprint density at radius 1 is 1.20 bits per heavy atom. The zero-order valence-electron chi connectivity index (χ0n) is 14.6. The van der Waals surface area contributed by atoms with Crippen LogP contribution in [0.3, 0.4) is 0 Å². The second-order valence-corrected chi connectivity index (χ2v) is 7.10. The summed E-state index contributed by atoms with van der Waals surface area (Å²) in [5.74, 6) is -1.11. The Balaban J connectivity index is 2.29. The normalized spacial score (nSPS) is 20.3. The third-order valence-electron chi connectivity index (χ3n) is 5.40. The van der Waals surface area contributed by atoms with Crippen LogP contribution in [0.4, 0.5) is 0 Å². The van der Waals surface area contributed by atoms with Crippen molar-refractivity contribution in [3.05, 3.63) is 22.8 Å². The predicted molar refractivity (Wildman–Crippen MR) is 90.0 cm³/mol. The van der Waals surface area contributed by atoms with Crippen molar-refractivity contribution < 1.29 is 28.9 Å². The Labute approximate surface area is 144 Å². The van der Waals surface area contributed by atoms with Crippen molar-refractivity contribution in [3.8, 4) is 23.0 Å². The van der Waals surface area contributed by atoms with E-state index in [1.807, 2.05) is 27.7 Å². The van der Waals surface area contributed by atoms with Crippen LogP contribution in [-0.4, -0.2) is 30.1 Å². The molecule has 1 N–H and O–H groups in total. The molecule has 0 saturated heterocycles. The van der Waals surface area contributed by atoms with E-state index in [4.69, 9.17) is 14.2 Å². The van der Waals surface area contributed by atoms with Crippen LogP contribution < -0.4 is 14.2 Å². The van der Waals surface area contributed by atoms with Gasteiger partial charge in [0.2, 0.25) is 0 Å². The van der Waals surface area contributed by atoms with Crippen molar-refractivity contribution in [2.75, 3.05) is 7.11 Å². The highest BCUT2D eigenvalue weighted by Crippen LogP contribution is 2.57. The van der Waals surface area contributed by atoms with Crippen LogP contribution >= 0.6 is 0 Å². The summed E-state index contributed by atoms with van der Waals surface area (Å²) in [6.07, 6.45) is -0.204. The van der Waals surface area contributed by atoms with Crippen molar-refractivity contribution in [3.63, 3.8) is 0 Å². The van der Waals surface area contributed by atoms with E-state index in [1.54, 1.807) is 6.07 Å². The molecule has 1 unspecified atom stereocenters. The van der Waals surface area contributed by atoms with Crippen LogP contribution in [0.1, 0.15) is 42.3 Å². The number of ether oxygens (including phenoxy) is 3. The number of hydrogen-bond donors (Lipinski definition) is 1. The number of hydrogen-bond acceptors (Lipinski definition) is 6. The van der Waals surface area contributed by atoms with Gasteiger partial charge in [0.25, 0.3) is 5.78 Å². The van der Waals surface area contributed by atoms with Gasteiger partial charge in [-0.2, -0.15) is 0 Å². The highest BCUT2D eigenvalue weighted by Gasteiger charge is 2.47. The number of phenolic OH excluding ortho intramolecular Hbond substituents is 1. The second-order valence-electron chi connectivity index (χ2n) is 7.10. The van der Waals surface area contributed by atoms with E-state index < -0.39 is 17.2 Å². The summed E-state index contributed by atoms with van der Waals surface area (Å²) in [6.45, 7) is 7.65. The highest BCUT2D eigenvalue weighted by molar-refractivity contribution is 6.46. The molecule has 25 heavy (non-hydrogen) atoms. The highest BCUT2D eigenvalue weighted by atomic mass is 16.6. The van der Waals surface area contributed by atoms with Crippen molar-refractivity contribution in [2.24, 2.45) is 0 Å². The summed E-state index contributed by atoms with van der Waals surface area (Å²) in [7, 11) is 1.45. The first-order chi connectivity index (χ1) is 11.7. The van der Waals surface area contributed by atoms with E-state index in [9.17, 15) is 14.7 Å². The molecule has 0 saturated carbocycles. The number of Topliss-reactive ketones (excluding diaryl/α,β-unsaturated/α-hetero) is 1. The number of carbonyl (C=O) groups excluding carboxylic acids is 2. The number of fused-ring (bicyclic) bond motifs is 2. The Hall–Kier alpha value is -2.76. The molecular weight excluding hydrogens is 324 g/mol. The standard InChI is InChI=1S/C19H18O6/c1-7-6-9(23-5)16-11-10(7)17-13(19(3,4)8(2)24-17)14(20)12(11)15(21)18(22)25-16/h6,8,20H,1-5H3. The number of carbonyl (C=O) groups is 2. The quantitative estimate of drug-likeness (QED) is 0.487. The number of esters is 1. The van der Waals surface area contributed by atoms with Gasteiger partial charge >= 0.3 is 5.97 Å². The molecule has 130 valence electrons. The lowest BCUT2D eigenvalue weighted by molar-refractivity contribution is -0.129. The maximum atomic E-state index is 12.5. The zero-order valence-corrected chi connectivity index (χ0v) is 14.6. The van der Waals surface area contributed by atoms with Gasteiger partial charge in [-0.1, -0.05) is 13.8 Å². The van der Waals surface area contributed by atoms with Crippen LogP contribution in [0.5, 0.6) is 23.0 Å². The lowest BCUT2D eigenvalue weighted by atomic mass is 9.78. The predicted octanol–water partition coefficient (Wildman–Crippen LogP) is 3.02. The number of methoxy groups -OCH3 is 1. The molecule has 0 radical (unpaired) electrons. The number of rotatable bonds is 1. The minimum atomic E-state index is -1.03. The van der Waals surface area contributed by atoms with E-state index in [-0.39, 0.29) is 23.2 Å². The van der Waals surface area contributed by atoms with Crippen LogP contribution in [-0.2, 0) is 10.2 Å². The minimum absolute atomic E-state index is 0.0345. The molecule has 4 rings (SSSR count). The van der Waals surface area contributed by atoms with E-state index in [2.05, 4.69) is 0 Å². The van der Waals surface area contributed by atoms with Crippen LogP contribution in [0.2, 0.25) is 0 Å². The maximum absolute atomic E-state index is 12.5. The second kappa shape index (κ2) is 4.65. The van der Waals surface area contributed by atoms with Gasteiger partial charge in [0.05, 0.1) is 12.7 Å². The molecule has 2 heterocycles. The SMILES string of the molecule is COc1cc(C)c2c3c(c(O)c4c2c1OC(=O)C4=O)C(C)(C)C(C)O3. The molecule has 2 aliphatic rings. The molecule has 2 aromatic carbocycles. The smallest absolute Gasteiger partial charge is 0.385 e. The molecule has 0 bridgehead atoms. The lowest BCUT2D eigenvalue weighted by Gasteiger charge is -2.25. The number of benzene rings is 2. The van der Waals surface area contributed by atoms with Gasteiger partial charge in [-0.15, -0.1) is 0 Å². The fourth-order valence-corrected chi connectivity index (χ4v) is 3.73. The first-order valence-corrected chi connectivity index (χ1v) is 8.04. The van der Waals surface area contributed by atoms with Gasteiger partial charge in [0.1, 0.15) is 17.6 Å². The molecule has 1 atom stereocenters. The Morgan fingerprint density at radius 3 is 2.52 bits per heavy atom. The monoisotopic (exact) mass is 342 g/mol. The van der Waals surface area contributed by atoms with Crippen molar-refractivity contribution in [1.29, 1.82) is 0 Å². The van der Waals surface area contributed by atoms with Gasteiger partial charge in [0, 0.05) is 21.8 Å². The molecule has 0 spiro atoms. The van der Waals surface area contributed by atoms with Crippen LogP contribution in [0.15, 0.2) is 6.07 Å². The van der Waals surface area contributed by atoms with E-state index >= 15 is 0 Å². The Morgan fingerprint density at radius 2 is 1.88 bits per heavy atom. The molecular formula is C19H18O6. The number of aromatic hydroxyl groups is 1. The lowest BCUT2D eigenvalue weighted by Crippen LogP contribution is -2.29. The number of ketones is 1. The van der Waals surface area contributed by atoms with Gasteiger partial charge in [0.15, 0.2) is 11.5 Å². The zero-order chi connectivity index (χ0) is 18.3. The summed E-state index contributed by atoms with van der Waals surface area (Å²) in [5, 5.41) is 11.9. The maximum Gasteiger partial charge on any atom is 0.385 e. The molecule has 2 aromatic rings. The fraction of sp³-hybridized carbons (Fsp3) is 0.368. The molecule has 2 aliphatic heterocycles. The Kier molecular flexibility index (Phi) is 2.93. The minimum Gasteiger partial charge on any atom is -0.507 e. The number of aryl methyl sites for hydroxylation is 1. The largest absolute Gasteiger partial charge is 0.507 e. The van der Waals surface area contributed by atoms with E-state index in [0.717, 1.165) is 5.56 Å².